The van der Waals surface area contributed by atoms with Gasteiger partial charge in [-0.25, -0.2) is 8.42 Å². The molecule has 0 saturated carbocycles. The van der Waals surface area contributed by atoms with Crippen molar-refractivity contribution in [2.75, 3.05) is 24.4 Å². The summed E-state index contributed by atoms with van der Waals surface area (Å²) in [4.78, 5) is 10.7. The molecule has 0 aromatic carbocycles. The molecule has 4 nitrogen and oxygen atoms in total. The van der Waals surface area contributed by atoms with Gasteiger partial charge < -0.3 is 5.32 Å². The molecule has 0 heterocycles. The summed E-state index contributed by atoms with van der Waals surface area (Å²) >= 11 is 5.29. The molecule has 6 heteroatoms. The molecule has 1 amide bonds. The Bertz CT molecular complexity index is 237. The van der Waals surface area contributed by atoms with E-state index in [0.717, 1.165) is 6.26 Å². The van der Waals surface area contributed by atoms with E-state index >= 15 is 0 Å². The molecule has 0 aromatic heterocycles. The molecular weight excluding hydrogens is 202 g/mol. The Labute approximate surface area is 77.2 Å². The highest BCUT2D eigenvalue weighted by Crippen LogP contribution is 1.84. The number of hydrogen-bond donors (Lipinski definition) is 1. The van der Waals surface area contributed by atoms with Crippen molar-refractivity contribution in [3.8, 4) is 0 Å². The number of hydrogen-bond acceptors (Lipinski definition) is 3. The van der Waals surface area contributed by atoms with Crippen LogP contribution in [0.2, 0.25) is 0 Å². The molecule has 0 spiro atoms. The molecule has 0 radical (unpaired) electrons. The van der Waals surface area contributed by atoms with Crippen molar-refractivity contribution in [1.82, 2.24) is 5.32 Å². The summed E-state index contributed by atoms with van der Waals surface area (Å²) in [5, 5.41) is 2.44. The maximum Gasteiger partial charge on any atom is 0.221 e. The van der Waals surface area contributed by atoms with Gasteiger partial charge >= 0.3 is 0 Å². The lowest BCUT2D eigenvalue weighted by molar-refractivity contribution is -0.120. The third kappa shape index (κ3) is 7.81. The molecule has 0 atom stereocenters. The quantitative estimate of drug-likeness (QED) is 0.642. The predicted molar refractivity (Wildman–Crippen MR) is 48.1 cm³/mol. The minimum absolute atomic E-state index is 0.0268. The lowest BCUT2D eigenvalue weighted by Crippen LogP contribution is -2.28. The van der Waals surface area contributed by atoms with Crippen molar-refractivity contribution >= 4 is 27.3 Å². The molecular formula is C6H12ClNO3S. The molecule has 0 aliphatic carbocycles. The number of nitrogens with one attached hydrogen (secondary N) is 1. The third-order valence-corrected chi connectivity index (χ3v) is 2.25. The van der Waals surface area contributed by atoms with Crippen LogP contribution in [0.1, 0.15) is 6.42 Å². The average molecular weight is 214 g/mol. The highest BCUT2D eigenvalue weighted by molar-refractivity contribution is 7.90. The number of alkyl halides is 1. The zero-order chi connectivity index (χ0) is 9.61. The van der Waals surface area contributed by atoms with E-state index in [9.17, 15) is 13.2 Å². The van der Waals surface area contributed by atoms with Gasteiger partial charge in [-0.1, -0.05) is 0 Å². The average Bonchev–Trinajstić information content (AvgIpc) is 1.84. The van der Waals surface area contributed by atoms with Crippen LogP contribution in [0.25, 0.3) is 0 Å². The van der Waals surface area contributed by atoms with Crippen molar-refractivity contribution < 1.29 is 13.2 Å². The van der Waals surface area contributed by atoms with Crippen LogP contribution < -0.4 is 5.32 Å². The Hall–Kier alpha value is -0.290. The number of halogens is 1. The first-order valence-electron chi connectivity index (χ1n) is 3.46. The van der Waals surface area contributed by atoms with Crippen LogP contribution in [0.5, 0.6) is 0 Å². The van der Waals surface area contributed by atoms with Crippen LogP contribution in [0.15, 0.2) is 0 Å². The molecule has 12 heavy (non-hydrogen) atoms. The largest absolute Gasteiger partial charge is 0.355 e. The van der Waals surface area contributed by atoms with Gasteiger partial charge in [0.05, 0.1) is 5.75 Å². The molecule has 0 aliphatic rings. The SMILES string of the molecule is CS(=O)(=O)CCNC(=O)CCCl. The molecule has 0 fully saturated rings. The molecule has 0 aromatic rings. The van der Waals surface area contributed by atoms with E-state index in [1.807, 2.05) is 0 Å². The molecule has 0 saturated heterocycles. The molecule has 0 unspecified atom stereocenters. The van der Waals surface area contributed by atoms with Crippen molar-refractivity contribution in [2.45, 2.75) is 6.42 Å². The van der Waals surface area contributed by atoms with E-state index in [0.29, 0.717) is 0 Å². The predicted octanol–water partition coefficient (Wildman–Crippen LogP) is -0.224. The van der Waals surface area contributed by atoms with E-state index in [-0.39, 0.29) is 30.5 Å². The maximum absolute atomic E-state index is 10.7. The Balaban J connectivity index is 3.51. The van der Waals surface area contributed by atoms with Crippen LogP contribution in [0.3, 0.4) is 0 Å². The lowest BCUT2D eigenvalue weighted by atomic mass is 10.4. The van der Waals surface area contributed by atoms with Gasteiger partial charge in [0.2, 0.25) is 5.91 Å². The monoisotopic (exact) mass is 213 g/mol. The summed E-state index contributed by atoms with van der Waals surface area (Å²) in [6.45, 7) is 0.161. The summed E-state index contributed by atoms with van der Waals surface area (Å²) in [6.07, 6.45) is 1.35. The van der Waals surface area contributed by atoms with Crippen LogP contribution in [0.4, 0.5) is 0 Å². The topological polar surface area (TPSA) is 63.2 Å². The Morgan fingerprint density at radius 1 is 1.50 bits per heavy atom. The molecule has 0 rings (SSSR count). The van der Waals surface area contributed by atoms with E-state index in [4.69, 9.17) is 11.6 Å². The van der Waals surface area contributed by atoms with Crippen molar-refractivity contribution in [3.63, 3.8) is 0 Å². The zero-order valence-electron chi connectivity index (χ0n) is 6.84. The molecule has 0 aliphatic heterocycles. The summed E-state index contributed by atoms with van der Waals surface area (Å²) in [7, 11) is -2.98. The molecule has 72 valence electrons. The first kappa shape index (κ1) is 11.7. The van der Waals surface area contributed by atoms with Crippen molar-refractivity contribution in [3.05, 3.63) is 0 Å². The number of carbonyl (C=O) groups excluding carboxylic acids is 1. The van der Waals surface area contributed by atoms with Gasteiger partial charge in [0.1, 0.15) is 9.84 Å². The summed E-state index contributed by atoms with van der Waals surface area (Å²) in [6, 6.07) is 0. The summed E-state index contributed by atoms with van der Waals surface area (Å²) in [5.41, 5.74) is 0. The Morgan fingerprint density at radius 2 is 2.08 bits per heavy atom. The first-order valence-corrected chi connectivity index (χ1v) is 6.05. The van der Waals surface area contributed by atoms with Gasteiger partial charge in [0.15, 0.2) is 0 Å². The summed E-state index contributed by atoms with van der Waals surface area (Å²) in [5.74, 6) is 0.0137. The van der Waals surface area contributed by atoms with E-state index in [1.54, 1.807) is 0 Å². The highest BCUT2D eigenvalue weighted by Gasteiger charge is 2.03. The van der Waals surface area contributed by atoms with Crippen LogP contribution in [0, 0.1) is 0 Å². The first-order chi connectivity index (χ1) is 5.45. The summed E-state index contributed by atoms with van der Waals surface area (Å²) < 4.78 is 21.2. The second-order valence-electron chi connectivity index (χ2n) is 2.42. The highest BCUT2D eigenvalue weighted by atomic mass is 35.5. The van der Waals surface area contributed by atoms with Crippen LogP contribution in [-0.2, 0) is 14.6 Å². The minimum Gasteiger partial charge on any atom is -0.355 e. The second kappa shape index (κ2) is 5.37. The molecule has 1 N–H and O–H groups in total. The fourth-order valence-corrected chi connectivity index (χ4v) is 1.19. The van der Waals surface area contributed by atoms with Gasteiger partial charge in [-0.15, -0.1) is 11.6 Å². The Morgan fingerprint density at radius 3 is 2.50 bits per heavy atom. The maximum atomic E-state index is 10.7. The normalized spacial score (nSPS) is 11.2. The fraction of sp³-hybridized carbons (Fsp3) is 0.833. The van der Waals surface area contributed by atoms with Gasteiger partial charge in [-0.05, 0) is 0 Å². The third-order valence-electron chi connectivity index (χ3n) is 1.12. The van der Waals surface area contributed by atoms with E-state index in [2.05, 4.69) is 5.32 Å². The van der Waals surface area contributed by atoms with Crippen molar-refractivity contribution in [2.24, 2.45) is 0 Å². The van der Waals surface area contributed by atoms with Gasteiger partial charge in [0.25, 0.3) is 0 Å². The second-order valence-corrected chi connectivity index (χ2v) is 5.06. The molecule has 0 bridgehead atoms. The smallest absolute Gasteiger partial charge is 0.221 e. The number of rotatable bonds is 5. The van der Waals surface area contributed by atoms with Gasteiger partial charge in [-0.2, -0.15) is 0 Å². The number of carbonyl (C=O) groups is 1. The standard InChI is InChI=1S/C6H12ClNO3S/c1-12(10,11)5-4-8-6(9)2-3-7/h2-5H2,1H3,(H,8,9). The van der Waals surface area contributed by atoms with Crippen LogP contribution >= 0.6 is 11.6 Å². The van der Waals surface area contributed by atoms with E-state index < -0.39 is 9.84 Å². The number of amides is 1. The van der Waals surface area contributed by atoms with Gasteiger partial charge in [0, 0.05) is 25.1 Å². The van der Waals surface area contributed by atoms with Crippen molar-refractivity contribution in [1.29, 1.82) is 0 Å². The Kier molecular flexibility index (Phi) is 5.24. The minimum atomic E-state index is -2.98. The number of sulfone groups is 1. The fourth-order valence-electron chi connectivity index (χ4n) is 0.550. The van der Waals surface area contributed by atoms with Gasteiger partial charge in [-0.3, -0.25) is 4.79 Å². The zero-order valence-corrected chi connectivity index (χ0v) is 8.41. The van der Waals surface area contributed by atoms with E-state index in [1.165, 1.54) is 0 Å². The lowest BCUT2D eigenvalue weighted by Gasteiger charge is -2.01. The van der Waals surface area contributed by atoms with Crippen LogP contribution in [-0.4, -0.2) is 38.8 Å².